The maximum atomic E-state index is 12.0. The molecule has 138 valence electrons. The van der Waals surface area contributed by atoms with Crippen LogP contribution in [0.25, 0.3) is 0 Å². The maximum Gasteiger partial charge on any atom is 0.239 e. The van der Waals surface area contributed by atoms with Gasteiger partial charge in [-0.2, -0.15) is 0 Å². The molecule has 6 heteroatoms. The van der Waals surface area contributed by atoms with Gasteiger partial charge < -0.3 is 20.4 Å². The molecule has 1 fully saturated rings. The van der Waals surface area contributed by atoms with E-state index in [4.69, 9.17) is 11.6 Å². The summed E-state index contributed by atoms with van der Waals surface area (Å²) in [5.74, 6) is -0.0620. The Bertz CT molecular complexity index is 727. The lowest BCUT2D eigenvalue weighted by molar-refractivity contribution is -0.119. The van der Waals surface area contributed by atoms with Gasteiger partial charge in [0.05, 0.1) is 6.54 Å². The molecule has 0 atom stereocenters. The van der Waals surface area contributed by atoms with Gasteiger partial charge in [0.2, 0.25) is 5.91 Å². The number of benzene rings is 2. The second-order valence-electron chi connectivity index (χ2n) is 6.56. The largest absolute Gasteiger partial charge is 0.376 e. The highest BCUT2D eigenvalue weighted by Gasteiger charge is 2.14. The average Bonchev–Trinajstić information content (AvgIpc) is 2.67. The molecule has 0 aromatic heterocycles. The van der Waals surface area contributed by atoms with Crippen LogP contribution in [-0.4, -0.2) is 50.6 Å². The SMILES string of the molecule is CN1CCN(c2ccc(NCC(=O)NCc3ccccc3Cl)cc2)CC1. The van der Waals surface area contributed by atoms with Gasteiger partial charge >= 0.3 is 0 Å². The van der Waals surface area contributed by atoms with Crippen LogP contribution in [0.2, 0.25) is 5.02 Å². The molecule has 2 aromatic rings. The van der Waals surface area contributed by atoms with E-state index in [0.29, 0.717) is 11.6 Å². The predicted molar refractivity (Wildman–Crippen MR) is 108 cm³/mol. The Morgan fingerprint density at radius 1 is 1.04 bits per heavy atom. The molecule has 0 aliphatic carbocycles. The molecule has 1 saturated heterocycles. The first kappa shape index (κ1) is 18.5. The normalized spacial score (nSPS) is 14.9. The maximum absolute atomic E-state index is 12.0. The second kappa shape index (κ2) is 8.92. The number of nitrogens with one attached hydrogen (secondary N) is 2. The Kier molecular flexibility index (Phi) is 6.36. The molecule has 0 unspecified atom stereocenters. The second-order valence-corrected chi connectivity index (χ2v) is 6.97. The monoisotopic (exact) mass is 372 g/mol. The third-order valence-electron chi connectivity index (χ3n) is 4.62. The average molecular weight is 373 g/mol. The van der Waals surface area contributed by atoms with E-state index < -0.39 is 0 Å². The van der Waals surface area contributed by atoms with Crippen molar-refractivity contribution >= 4 is 28.9 Å². The van der Waals surface area contributed by atoms with Crippen molar-refractivity contribution in [3.8, 4) is 0 Å². The van der Waals surface area contributed by atoms with Crippen LogP contribution in [0.3, 0.4) is 0 Å². The fraction of sp³-hybridized carbons (Fsp3) is 0.350. The summed E-state index contributed by atoms with van der Waals surface area (Å²) >= 11 is 6.09. The van der Waals surface area contributed by atoms with E-state index in [0.717, 1.165) is 37.4 Å². The molecule has 1 aliphatic heterocycles. The highest BCUT2D eigenvalue weighted by molar-refractivity contribution is 6.31. The van der Waals surface area contributed by atoms with Crippen LogP contribution in [0, 0.1) is 0 Å². The molecule has 1 aliphatic rings. The number of halogens is 1. The van der Waals surface area contributed by atoms with Gasteiger partial charge in [0.25, 0.3) is 0 Å². The molecule has 0 spiro atoms. The lowest BCUT2D eigenvalue weighted by Crippen LogP contribution is -2.44. The van der Waals surface area contributed by atoms with E-state index in [9.17, 15) is 4.79 Å². The van der Waals surface area contributed by atoms with E-state index in [1.165, 1.54) is 5.69 Å². The van der Waals surface area contributed by atoms with E-state index in [1.807, 2.05) is 36.4 Å². The number of carbonyl (C=O) groups excluding carboxylic acids is 1. The third kappa shape index (κ3) is 5.13. The topological polar surface area (TPSA) is 47.6 Å². The molecule has 0 radical (unpaired) electrons. The highest BCUT2D eigenvalue weighted by Crippen LogP contribution is 2.19. The Hall–Kier alpha value is -2.24. The first-order chi connectivity index (χ1) is 12.6. The number of hydrogen-bond donors (Lipinski definition) is 2. The van der Waals surface area contributed by atoms with Gasteiger partial charge in [-0.3, -0.25) is 4.79 Å². The number of piperazine rings is 1. The smallest absolute Gasteiger partial charge is 0.239 e. The summed E-state index contributed by atoms with van der Waals surface area (Å²) in [6, 6.07) is 15.8. The number of amides is 1. The summed E-state index contributed by atoms with van der Waals surface area (Å²) in [5.41, 5.74) is 3.08. The molecule has 1 heterocycles. The summed E-state index contributed by atoms with van der Waals surface area (Å²) in [6.07, 6.45) is 0. The summed E-state index contributed by atoms with van der Waals surface area (Å²) in [4.78, 5) is 16.7. The summed E-state index contributed by atoms with van der Waals surface area (Å²) in [5, 5.41) is 6.71. The standard InChI is InChI=1S/C20H25ClN4O/c1-24-10-12-25(13-11-24)18-8-6-17(7-9-18)22-15-20(26)23-14-16-4-2-3-5-19(16)21/h2-9,22H,10-15H2,1H3,(H,23,26). The molecular formula is C20H25ClN4O. The minimum atomic E-state index is -0.0620. The molecule has 26 heavy (non-hydrogen) atoms. The molecule has 1 amide bonds. The molecule has 2 N–H and O–H groups in total. The molecule has 5 nitrogen and oxygen atoms in total. The molecule has 0 bridgehead atoms. The lowest BCUT2D eigenvalue weighted by atomic mass is 10.2. The zero-order chi connectivity index (χ0) is 18.4. The van der Waals surface area contributed by atoms with Crippen LogP contribution in [-0.2, 0) is 11.3 Å². The van der Waals surface area contributed by atoms with Crippen LogP contribution in [0.1, 0.15) is 5.56 Å². The van der Waals surface area contributed by atoms with Gasteiger partial charge in [0.15, 0.2) is 0 Å². The quantitative estimate of drug-likeness (QED) is 0.818. The fourth-order valence-corrected chi connectivity index (χ4v) is 3.14. The zero-order valence-electron chi connectivity index (χ0n) is 15.0. The Labute approximate surface area is 159 Å². The highest BCUT2D eigenvalue weighted by atomic mass is 35.5. The Morgan fingerprint density at radius 3 is 2.42 bits per heavy atom. The first-order valence-electron chi connectivity index (χ1n) is 8.89. The fourth-order valence-electron chi connectivity index (χ4n) is 2.94. The van der Waals surface area contributed by atoms with Gasteiger partial charge in [0.1, 0.15) is 0 Å². The number of nitrogens with zero attached hydrogens (tertiary/aromatic N) is 2. The summed E-state index contributed by atoms with van der Waals surface area (Å²) < 4.78 is 0. The zero-order valence-corrected chi connectivity index (χ0v) is 15.8. The molecule has 2 aromatic carbocycles. The minimum absolute atomic E-state index is 0.0620. The van der Waals surface area contributed by atoms with Crippen molar-refractivity contribution in [1.82, 2.24) is 10.2 Å². The molecule has 0 saturated carbocycles. The van der Waals surface area contributed by atoms with Gasteiger partial charge in [-0.15, -0.1) is 0 Å². The third-order valence-corrected chi connectivity index (χ3v) is 4.99. The summed E-state index contributed by atoms with van der Waals surface area (Å²) in [6.45, 7) is 4.94. The van der Waals surface area contributed by atoms with E-state index in [1.54, 1.807) is 0 Å². The van der Waals surface area contributed by atoms with Crippen LogP contribution >= 0.6 is 11.6 Å². The van der Waals surface area contributed by atoms with E-state index in [2.05, 4.69) is 39.6 Å². The van der Waals surface area contributed by atoms with E-state index in [-0.39, 0.29) is 12.5 Å². The lowest BCUT2D eigenvalue weighted by Gasteiger charge is -2.34. The van der Waals surface area contributed by atoms with Crippen molar-refractivity contribution in [3.63, 3.8) is 0 Å². The Balaban J connectivity index is 1.44. The number of likely N-dealkylation sites (N-methyl/N-ethyl adjacent to an activating group) is 1. The van der Waals surface area contributed by atoms with Crippen molar-refractivity contribution in [1.29, 1.82) is 0 Å². The van der Waals surface area contributed by atoms with Crippen LogP contribution in [0.15, 0.2) is 48.5 Å². The van der Waals surface area contributed by atoms with Crippen LogP contribution < -0.4 is 15.5 Å². The van der Waals surface area contributed by atoms with E-state index >= 15 is 0 Å². The van der Waals surface area contributed by atoms with Gasteiger partial charge in [0, 0.05) is 49.1 Å². The van der Waals surface area contributed by atoms with Crippen LogP contribution in [0.5, 0.6) is 0 Å². The van der Waals surface area contributed by atoms with Crippen molar-refractivity contribution in [2.75, 3.05) is 50.0 Å². The predicted octanol–water partition coefficient (Wildman–Crippen LogP) is 2.82. The Morgan fingerprint density at radius 2 is 1.73 bits per heavy atom. The number of carbonyl (C=O) groups is 1. The number of rotatable bonds is 6. The first-order valence-corrected chi connectivity index (χ1v) is 9.27. The van der Waals surface area contributed by atoms with Gasteiger partial charge in [-0.25, -0.2) is 0 Å². The summed E-state index contributed by atoms with van der Waals surface area (Å²) in [7, 11) is 2.15. The van der Waals surface area contributed by atoms with Crippen molar-refractivity contribution in [2.45, 2.75) is 6.54 Å². The van der Waals surface area contributed by atoms with Gasteiger partial charge in [-0.05, 0) is 42.9 Å². The van der Waals surface area contributed by atoms with Gasteiger partial charge in [-0.1, -0.05) is 29.8 Å². The molecular weight excluding hydrogens is 348 g/mol. The van der Waals surface area contributed by atoms with Crippen molar-refractivity contribution < 1.29 is 4.79 Å². The number of hydrogen-bond acceptors (Lipinski definition) is 4. The number of anilines is 2. The van der Waals surface area contributed by atoms with Crippen LogP contribution in [0.4, 0.5) is 11.4 Å². The van der Waals surface area contributed by atoms with Crippen molar-refractivity contribution in [3.05, 3.63) is 59.1 Å². The minimum Gasteiger partial charge on any atom is -0.376 e. The molecule has 3 rings (SSSR count). The van der Waals surface area contributed by atoms with Crippen molar-refractivity contribution in [2.24, 2.45) is 0 Å².